The van der Waals surface area contributed by atoms with Gasteiger partial charge >= 0.3 is 5.97 Å². The highest BCUT2D eigenvalue weighted by atomic mass is 16.5. The van der Waals surface area contributed by atoms with Crippen LogP contribution in [0.4, 0.5) is 5.69 Å². The molecule has 0 bridgehead atoms. The van der Waals surface area contributed by atoms with Crippen LogP contribution in [0.5, 0.6) is 0 Å². The van der Waals surface area contributed by atoms with Crippen LogP contribution in [0.2, 0.25) is 0 Å². The molecule has 4 N–H and O–H groups in total. The van der Waals surface area contributed by atoms with Gasteiger partial charge < -0.3 is 20.9 Å². The molecule has 0 fully saturated rings. The SMILES string of the molecule is CC(C)COC(=O)CC[C@H](N)C(=O)Nc1ccc(CO)cc1. The molecule has 0 heterocycles. The van der Waals surface area contributed by atoms with Gasteiger partial charge in [0, 0.05) is 12.1 Å². The van der Waals surface area contributed by atoms with Crippen molar-refractivity contribution in [3.05, 3.63) is 29.8 Å². The highest BCUT2D eigenvalue weighted by Gasteiger charge is 2.16. The van der Waals surface area contributed by atoms with Crippen molar-refractivity contribution in [3.8, 4) is 0 Å². The molecular weight excluding hydrogens is 284 g/mol. The number of rotatable bonds is 8. The van der Waals surface area contributed by atoms with E-state index in [2.05, 4.69) is 5.32 Å². The minimum absolute atomic E-state index is 0.0494. The maximum atomic E-state index is 11.9. The van der Waals surface area contributed by atoms with E-state index in [0.29, 0.717) is 12.3 Å². The van der Waals surface area contributed by atoms with Crippen LogP contribution < -0.4 is 11.1 Å². The van der Waals surface area contributed by atoms with E-state index in [1.165, 1.54) is 0 Å². The molecule has 22 heavy (non-hydrogen) atoms. The molecule has 6 heteroatoms. The lowest BCUT2D eigenvalue weighted by Gasteiger charge is -2.12. The number of aliphatic hydroxyl groups excluding tert-OH is 1. The number of hydrogen-bond acceptors (Lipinski definition) is 5. The van der Waals surface area contributed by atoms with Crippen LogP contribution in [-0.2, 0) is 20.9 Å². The van der Waals surface area contributed by atoms with Crippen molar-refractivity contribution in [2.24, 2.45) is 11.7 Å². The molecule has 0 saturated heterocycles. The third-order valence-corrected chi connectivity index (χ3v) is 2.98. The molecule has 0 saturated carbocycles. The Balaban J connectivity index is 2.36. The van der Waals surface area contributed by atoms with Gasteiger partial charge in [-0.3, -0.25) is 9.59 Å². The second-order valence-corrected chi connectivity index (χ2v) is 5.57. The molecule has 0 aliphatic rings. The molecule has 0 radical (unpaired) electrons. The number of hydrogen-bond donors (Lipinski definition) is 3. The number of carbonyl (C=O) groups is 2. The maximum Gasteiger partial charge on any atom is 0.305 e. The Labute approximate surface area is 130 Å². The van der Waals surface area contributed by atoms with E-state index in [1.807, 2.05) is 13.8 Å². The zero-order chi connectivity index (χ0) is 16.5. The Bertz CT molecular complexity index is 485. The van der Waals surface area contributed by atoms with Crippen molar-refractivity contribution in [1.29, 1.82) is 0 Å². The van der Waals surface area contributed by atoms with Gasteiger partial charge in [-0.15, -0.1) is 0 Å². The minimum Gasteiger partial charge on any atom is -0.465 e. The van der Waals surface area contributed by atoms with E-state index in [4.69, 9.17) is 15.6 Å². The predicted molar refractivity (Wildman–Crippen MR) is 84.0 cm³/mol. The Morgan fingerprint density at radius 2 is 1.91 bits per heavy atom. The van der Waals surface area contributed by atoms with Crippen LogP contribution in [0.3, 0.4) is 0 Å². The lowest BCUT2D eigenvalue weighted by atomic mass is 10.1. The molecule has 1 rings (SSSR count). The van der Waals surface area contributed by atoms with E-state index in [1.54, 1.807) is 24.3 Å². The molecule has 0 aromatic heterocycles. The zero-order valence-electron chi connectivity index (χ0n) is 13.0. The van der Waals surface area contributed by atoms with Gasteiger partial charge in [0.2, 0.25) is 5.91 Å². The van der Waals surface area contributed by atoms with E-state index in [0.717, 1.165) is 5.56 Å². The second-order valence-electron chi connectivity index (χ2n) is 5.57. The monoisotopic (exact) mass is 308 g/mol. The molecule has 0 aliphatic carbocycles. The molecule has 122 valence electrons. The molecular formula is C16H24N2O4. The summed E-state index contributed by atoms with van der Waals surface area (Å²) in [5.74, 6) is -0.416. The lowest BCUT2D eigenvalue weighted by Crippen LogP contribution is -2.36. The standard InChI is InChI=1S/C16H24N2O4/c1-11(2)10-22-15(20)8-7-14(17)16(21)18-13-5-3-12(9-19)4-6-13/h3-6,11,14,19H,7-10,17H2,1-2H3,(H,18,21)/t14-/m0/s1. The summed E-state index contributed by atoms with van der Waals surface area (Å²) >= 11 is 0. The van der Waals surface area contributed by atoms with Crippen LogP contribution in [0.1, 0.15) is 32.3 Å². The molecule has 1 amide bonds. The van der Waals surface area contributed by atoms with Gasteiger partial charge in [0.25, 0.3) is 0 Å². The van der Waals surface area contributed by atoms with E-state index < -0.39 is 6.04 Å². The van der Waals surface area contributed by atoms with Crippen molar-refractivity contribution in [1.82, 2.24) is 0 Å². The molecule has 0 unspecified atom stereocenters. The Kier molecular flexibility index (Phi) is 7.56. The highest BCUT2D eigenvalue weighted by molar-refractivity contribution is 5.94. The predicted octanol–water partition coefficient (Wildman–Crippen LogP) is 1.42. The number of carbonyl (C=O) groups excluding carboxylic acids is 2. The molecule has 1 aromatic carbocycles. The average molecular weight is 308 g/mol. The first-order valence-electron chi connectivity index (χ1n) is 7.34. The van der Waals surface area contributed by atoms with Gasteiger partial charge in [0.05, 0.1) is 19.3 Å². The minimum atomic E-state index is -0.774. The van der Waals surface area contributed by atoms with Crippen molar-refractivity contribution in [2.75, 3.05) is 11.9 Å². The topological polar surface area (TPSA) is 102 Å². The van der Waals surface area contributed by atoms with Crippen molar-refractivity contribution < 1.29 is 19.4 Å². The number of benzene rings is 1. The zero-order valence-corrected chi connectivity index (χ0v) is 13.0. The van der Waals surface area contributed by atoms with Crippen LogP contribution in [0.25, 0.3) is 0 Å². The highest BCUT2D eigenvalue weighted by Crippen LogP contribution is 2.10. The summed E-state index contributed by atoms with van der Waals surface area (Å²) in [5.41, 5.74) is 7.12. The van der Waals surface area contributed by atoms with Crippen LogP contribution in [0.15, 0.2) is 24.3 Å². The smallest absolute Gasteiger partial charge is 0.305 e. The fourth-order valence-corrected chi connectivity index (χ4v) is 1.66. The van der Waals surface area contributed by atoms with Crippen LogP contribution >= 0.6 is 0 Å². The number of nitrogens with two attached hydrogens (primary N) is 1. The van der Waals surface area contributed by atoms with Gasteiger partial charge in [0.1, 0.15) is 0 Å². The van der Waals surface area contributed by atoms with Gasteiger partial charge in [-0.2, -0.15) is 0 Å². The van der Waals surface area contributed by atoms with Crippen LogP contribution in [0, 0.1) is 5.92 Å². The normalized spacial score (nSPS) is 12.0. The summed E-state index contributed by atoms with van der Waals surface area (Å²) in [6.45, 7) is 4.23. The number of nitrogens with one attached hydrogen (secondary N) is 1. The number of ether oxygens (including phenoxy) is 1. The quantitative estimate of drug-likeness (QED) is 0.630. The molecule has 1 aromatic rings. The second kappa shape index (κ2) is 9.17. The first-order valence-corrected chi connectivity index (χ1v) is 7.34. The van der Waals surface area contributed by atoms with E-state index in [-0.39, 0.29) is 37.2 Å². The summed E-state index contributed by atoms with van der Waals surface area (Å²) in [6, 6.07) is 6.03. The Morgan fingerprint density at radius 3 is 2.45 bits per heavy atom. The number of anilines is 1. The summed E-state index contributed by atoms with van der Waals surface area (Å²) in [6.07, 6.45) is 0.349. The number of esters is 1. The number of aliphatic hydroxyl groups is 1. The third kappa shape index (κ3) is 6.69. The van der Waals surface area contributed by atoms with Crippen molar-refractivity contribution in [2.45, 2.75) is 39.3 Å². The molecule has 0 spiro atoms. The Hall–Kier alpha value is -1.92. The Morgan fingerprint density at radius 1 is 1.27 bits per heavy atom. The number of amides is 1. The van der Waals surface area contributed by atoms with Crippen molar-refractivity contribution in [3.63, 3.8) is 0 Å². The molecule has 6 nitrogen and oxygen atoms in total. The average Bonchev–Trinajstić information content (AvgIpc) is 2.51. The van der Waals surface area contributed by atoms with Crippen molar-refractivity contribution >= 4 is 17.6 Å². The van der Waals surface area contributed by atoms with Gasteiger partial charge in [-0.05, 0) is 30.0 Å². The van der Waals surface area contributed by atoms with Gasteiger partial charge in [0.15, 0.2) is 0 Å². The largest absolute Gasteiger partial charge is 0.465 e. The third-order valence-electron chi connectivity index (χ3n) is 2.98. The summed E-state index contributed by atoms with van der Waals surface area (Å²) in [7, 11) is 0. The van der Waals surface area contributed by atoms with E-state index in [9.17, 15) is 9.59 Å². The lowest BCUT2D eigenvalue weighted by molar-refractivity contribution is -0.144. The van der Waals surface area contributed by atoms with E-state index >= 15 is 0 Å². The fraction of sp³-hybridized carbons (Fsp3) is 0.500. The summed E-state index contributed by atoms with van der Waals surface area (Å²) < 4.78 is 5.03. The molecule has 1 atom stereocenters. The van der Waals surface area contributed by atoms with Gasteiger partial charge in [-0.25, -0.2) is 0 Å². The first-order chi connectivity index (χ1) is 10.4. The first kappa shape index (κ1) is 18.1. The fourth-order valence-electron chi connectivity index (χ4n) is 1.66. The maximum absolute atomic E-state index is 11.9. The molecule has 0 aliphatic heterocycles. The summed E-state index contributed by atoms with van der Waals surface area (Å²) in [4.78, 5) is 23.4. The van der Waals surface area contributed by atoms with Gasteiger partial charge in [-0.1, -0.05) is 26.0 Å². The van der Waals surface area contributed by atoms with Crippen LogP contribution in [-0.4, -0.2) is 29.6 Å². The summed E-state index contributed by atoms with van der Waals surface area (Å²) in [5, 5.41) is 11.6.